The van der Waals surface area contributed by atoms with Gasteiger partial charge in [-0.05, 0) is 6.42 Å². The molecule has 0 fully saturated rings. The van der Waals surface area contributed by atoms with Gasteiger partial charge >= 0.3 is 17.9 Å². The maximum Gasteiger partial charge on any atom is 0.326 e. The van der Waals surface area contributed by atoms with Crippen LogP contribution in [0.3, 0.4) is 0 Å². The smallest absolute Gasteiger partial charge is 0.326 e. The molecule has 0 aliphatic rings. The molecule has 15 nitrogen and oxygen atoms in total. The zero-order valence-corrected chi connectivity index (χ0v) is 17.5. The number of rotatable bonds is 15. The van der Waals surface area contributed by atoms with Crippen molar-refractivity contribution in [3.8, 4) is 0 Å². The summed E-state index contributed by atoms with van der Waals surface area (Å²) in [5, 5.41) is 32.5. The molecule has 4 atom stereocenters. The van der Waals surface area contributed by atoms with Crippen molar-refractivity contribution in [2.45, 2.75) is 49.9 Å². The Morgan fingerprint density at radius 3 is 1.69 bits per heavy atom. The number of amides is 4. The number of carbonyl (C=O) groups excluding carboxylic acids is 4. The summed E-state index contributed by atoms with van der Waals surface area (Å²) in [6.45, 7) is 0. The predicted octanol–water partition coefficient (Wildman–Crippen LogP) is -4.00. The average molecular weight is 479 g/mol. The molecule has 0 aromatic rings. The highest BCUT2D eigenvalue weighted by atomic mass is 32.1. The third kappa shape index (κ3) is 11.1. The molecule has 0 aromatic carbocycles. The van der Waals surface area contributed by atoms with Gasteiger partial charge in [-0.1, -0.05) is 0 Å². The molecule has 32 heavy (non-hydrogen) atoms. The van der Waals surface area contributed by atoms with E-state index < -0.39 is 85.0 Å². The van der Waals surface area contributed by atoms with E-state index in [0.717, 1.165) is 0 Å². The molecule has 10 N–H and O–H groups in total. The van der Waals surface area contributed by atoms with Crippen LogP contribution in [-0.4, -0.2) is 86.8 Å². The number of primary amides is 1. The van der Waals surface area contributed by atoms with E-state index in [1.165, 1.54) is 0 Å². The number of thiol groups is 1. The second-order valence-corrected chi connectivity index (χ2v) is 6.88. The summed E-state index contributed by atoms with van der Waals surface area (Å²) in [7, 11) is 0. The topological polar surface area (TPSA) is 268 Å². The third-order valence-electron chi connectivity index (χ3n) is 3.85. The molecule has 0 heterocycles. The molecule has 0 aromatic heterocycles. The molecule has 0 aliphatic heterocycles. The Bertz CT molecular complexity index is 761. The Hall–Kier alpha value is -3.40. The van der Waals surface area contributed by atoms with Crippen LogP contribution < -0.4 is 27.4 Å². The lowest BCUT2D eigenvalue weighted by Crippen LogP contribution is -2.58. The summed E-state index contributed by atoms with van der Waals surface area (Å²) < 4.78 is 0. The fourth-order valence-corrected chi connectivity index (χ4v) is 2.47. The van der Waals surface area contributed by atoms with Crippen molar-refractivity contribution in [3.05, 3.63) is 0 Å². The van der Waals surface area contributed by atoms with Crippen molar-refractivity contribution in [1.29, 1.82) is 0 Å². The first-order chi connectivity index (χ1) is 14.8. The van der Waals surface area contributed by atoms with E-state index >= 15 is 0 Å². The first-order valence-corrected chi connectivity index (χ1v) is 9.63. The average Bonchev–Trinajstić information content (AvgIpc) is 2.67. The molecule has 0 saturated carbocycles. The number of nitrogens with one attached hydrogen (secondary N) is 3. The predicted molar refractivity (Wildman–Crippen MR) is 108 cm³/mol. The maximum atomic E-state index is 12.5. The number of carboxylic acid groups (broad SMARTS) is 3. The molecule has 0 aliphatic carbocycles. The van der Waals surface area contributed by atoms with E-state index in [4.69, 9.17) is 26.8 Å². The molecule has 16 heteroatoms. The number of carbonyl (C=O) groups is 7. The normalized spacial score (nSPS) is 14.2. The molecule has 180 valence electrons. The SMILES string of the molecule is NC(=O)CC(NC(=O)C(N)CCC(=O)O)C(=O)NC(CS)C(=O)NC(CC(=O)O)C(=O)O. The molecular formula is C16H25N5O10S. The van der Waals surface area contributed by atoms with Gasteiger partial charge in [0, 0.05) is 12.2 Å². The monoisotopic (exact) mass is 479 g/mol. The van der Waals surface area contributed by atoms with Crippen LogP contribution in [0.4, 0.5) is 0 Å². The summed E-state index contributed by atoms with van der Waals surface area (Å²) in [5.41, 5.74) is 10.6. The number of aliphatic carboxylic acids is 3. The second-order valence-electron chi connectivity index (χ2n) is 6.51. The van der Waals surface area contributed by atoms with Crippen LogP contribution >= 0.6 is 12.6 Å². The standard InChI is InChI=1S/C16H25N5O10S/c17-6(1-2-11(23)24)13(27)19-7(3-10(18)22)14(28)21-9(5-32)15(29)20-8(16(30)31)4-12(25)26/h6-9,32H,1-5,17H2,(H2,18,22)(H,19,27)(H,20,29)(H,21,28)(H,23,24)(H,25,26)(H,30,31). The largest absolute Gasteiger partial charge is 0.481 e. The van der Waals surface area contributed by atoms with E-state index in [-0.39, 0.29) is 12.2 Å². The second kappa shape index (κ2) is 13.8. The van der Waals surface area contributed by atoms with Gasteiger partial charge in [-0.25, -0.2) is 4.79 Å². The minimum atomic E-state index is -1.78. The molecule has 0 radical (unpaired) electrons. The van der Waals surface area contributed by atoms with Crippen LogP contribution in [0.1, 0.15) is 25.7 Å². The molecule has 0 saturated heterocycles. The molecule has 4 unspecified atom stereocenters. The zero-order valence-electron chi connectivity index (χ0n) is 16.6. The number of hydrogen-bond donors (Lipinski definition) is 9. The van der Waals surface area contributed by atoms with Gasteiger partial charge < -0.3 is 42.7 Å². The van der Waals surface area contributed by atoms with Gasteiger partial charge in [0.2, 0.25) is 23.6 Å². The van der Waals surface area contributed by atoms with Crippen LogP contribution in [0, 0.1) is 0 Å². The van der Waals surface area contributed by atoms with Crippen LogP contribution in [0.5, 0.6) is 0 Å². The van der Waals surface area contributed by atoms with Crippen molar-refractivity contribution < 1.29 is 48.9 Å². The van der Waals surface area contributed by atoms with Crippen LogP contribution in [-0.2, 0) is 33.6 Å². The lowest BCUT2D eigenvalue weighted by molar-refractivity contribution is -0.147. The Balaban J connectivity index is 5.26. The van der Waals surface area contributed by atoms with Gasteiger partial charge in [0.25, 0.3) is 0 Å². The highest BCUT2D eigenvalue weighted by Gasteiger charge is 2.31. The minimum absolute atomic E-state index is 0.256. The highest BCUT2D eigenvalue weighted by molar-refractivity contribution is 7.80. The van der Waals surface area contributed by atoms with E-state index in [0.29, 0.717) is 0 Å². The zero-order chi connectivity index (χ0) is 25.0. The van der Waals surface area contributed by atoms with E-state index in [2.05, 4.69) is 23.3 Å². The van der Waals surface area contributed by atoms with Crippen LogP contribution in [0.2, 0.25) is 0 Å². The van der Waals surface area contributed by atoms with Gasteiger partial charge in [0.1, 0.15) is 18.1 Å². The van der Waals surface area contributed by atoms with Gasteiger partial charge in [-0.2, -0.15) is 12.6 Å². The Kier molecular flexibility index (Phi) is 12.3. The Labute approximate surface area is 186 Å². The van der Waals surface area contributed by atoms with Gasteiger partial charge in [-0.3, -0.25) is 28.8 Å². The number of hydrogen-bond acceptors (Lipinski definition) is 9. The number of nitrogens with two attached hydrogens (primary N) is 2. The van der Waals surface area contributed by atoms with Crippen molar-refractivity contribution >= 4 is 54.2 Å². The molecule has 0 bridgehead atoms. The summed E-state index contributed by atoms with van der Waals surface area (Å²) in [4.78, 5) is 80.4. The molecule has 0 spiro atoms. The lowest BCUT2D eigenvalue weighted by Gasteiger charge is -2.23. The number of carboxylic acids is 3. The highest BCUT2D eigenvalue weighted by Crippen LogP contribution is 2.01. The van der Waals surface area contributed by atoms with Crippen LogP contribution in [0.25, 0.3) is 0 Å². The summed E-state index contributed by atoms with van der Waals surface area (Å²) in [5.74, 6) is -8.77. The summed E-state index contributed by atoms with van der Waals surface area (Å²) in [6, 6.07) is -6.15. The summed E-state index contributed by atoms with van der Waals surface area (Å²) >= 11 is 3.87. The van der Waals surface area contributed by atoms with Crippen molar-refractivity contribution in [2.24, 2.45) is 11.5 Å². The summed E-state index contributed by atoms with van der Waals surface area (Å²) in [6.07, 6.45) is -2.30. The first-order valence-electron chi connectivity index (χ1n) is 9.00. The van der Waals surface area contributed by atoms with Gasteiger partial charge in [0.05, 0.1) is 18.9 Å². The fraction of sp³-hybridized carbons (Fsp3) is 0.562. The van der Waals surface area contributed by atoms with E-state index in [1.54, 1.807) is 0 Å². The first kappa shape index (κ1) is 28.6. The quantitative estimate of drug-likeness (QED) is 0.102. The van der Waals surface area contributed by atoms with Gasteiger partial charge in [0.15, 0.2) is 0 Å². The lowest BCUT2D eigenvalue weighted by atomic mass is 10.1. The van der Waals surface area contributed by atoms with Crippen molar-refractivity contribution in [3.63, 3.8) is 0 Å². The van der Waals surface area contributed by atoms with Crippen molar-refractivity contribution in [1.82, 2.24) is 16.0 Å². The molecular weight excluding hydrogens is 454 g/mol. The van der Waals surface area contributed by atoms with Gasteiger partial charge in [-0.15, -0.1) is 0 Å². The minimum Gasteiger partial charge on any atom is -0.481 e. The van der Waals surface area contributed by atoms with E-state index in [1.807, 2.05) is 5.32 Å². The van der Waals surface area contributed by atoms with E-state index in [9.17, 15) is 33.6 Å². The maximum absolute atomic E-state index is 12.5. The molecule has 0 rings (SSSR count). The Morgan fingerprint density at radius 1 is 0.750 bits per heavy atom. The van der Waals surface area contributed by atoms with Crippen LogP contribution in [0.15, 0.2) is 0 Å². The Morgan fingerprint density at radius 2 is 1.25 bits per heavy atom. The molecule has 4 amide bonds. The third-order valence-corrected chi connectivity index (χ3v) is 4.22. The van der Waals surface area contributed by atoms with Crippen molar-refractivity contribution in [2.75, 3.05) is 5.75 Å². The fourth-order valence-electron chi connectivity index (χ4n) is 2.21.